The second-order valence-electron chi connectivity index (χ2n) is 7.52. The fourth-order valence-corrected chi connectivity index (χ4v) is 4.39. The molecule has 0 aliphatic carbocycles. The average Bonchev–Trinajstić information content (AvgIpc) is 2.69. The quantitative estimate of drug-likeness (QED) is 0.710. The van der Waals surface area contributed by atoms with Gasteiger partial charge in [-0.25, -0.2) is 13.4 Å². The lowest BCUT2D eigenvalue weighted by atomic mass is 10.0. The average molecular weight is 409 g/mol. The normalized spacial score (nSPS) is 14.4. The van der Waals surface area contributed by atoms with E-state index in [4.69, 9.17) is 0 Å². The summed E-state index contributed by atoms with van der Waals surface area (Å²) in [6.45, 7) is 4.95. The molecule has 1 aliphatic heterocycles. The number of hydrogen-bond acceptors (Lipinski definition) is 5. The van der Waals surface area contributed by atoms with Crippen LogP contribution in [-0.2, 0) is 23.0 Å². The smallest absolute Gasteiger partial charge is 0.211 e. The van der Waals surface area contributed by atoms with Gasteiger partial charge in [-0.05, 0) is 61.2 Å². The molecule has 1 aliphatic rings. The lowest BCUT2D eigenvalue weighted by Crippen LogP contribution is -2.35. The van der Waals surface area contributed by atoms with Crippen LogP contribution in [0.3, 0.4) is 0 Å². The maximum Gasteiger partial charge on any atom is 0.211 e. The number of aromatic nitrogens is 2. The number of hydrogen-bond donors (Lipinski definition) is 1. The summed E-state index contributed by atoms with van der Waals surface area (Å²) in [5.74, 6) is 0.780. The molecule has 0 unspecified atom stereocenters. The van der Waals surface area contributed by atoms with Crippen molar-refractivity contribution in [1.82, 2.24) is 14.3 Å². The van der Waals surface area contributed by atoms with Crippen molar-refractivity contribution in [3.05, 3.63) is 71.0 Å². The molecular formula is C22H24N4O2S. The van der Waals surface area contributed by atoms with E-state index in [1.54, 1.807) is 6.20 Å². The number of fused-ring (bicyclic) bond motifs is 1. The van der Waals surface area contributed by atoms with E-state index in [0.717, 1.165) is 45.0 Å². The van der Waals surface area contributed by atoms with Crippen molar-refractivity contribution in [3.63, 3.8) is 0 Å². The van der Waals surface area contributed by atoms with Crippen LogP contribution in [0.5, 0.6) is 0 Å². The van der Waals surface area contributed by atoms with Gasteiger partial charge in [0.1, 0.15) is 5.82 Å². The Morgan fingerprint density at radius 3 is 2.62 bits per heavy atom. The number of benzene rings is 1. The Morgan fingerprint density at radius 1 is 1.07 bits per heavy atom. The minimum Gasteiger partial charge on any atom is -0.340 e. The van der Waals surface area contributed by atoms with Gasteiger partial charge >= 0.3 is 0 Å². The number of aryl methyl sites for hydroxylation is 2. The predicted octanol–water partition coefficient (Wildman–Crippen LogP) is 3.82. The first kappa shape index (κ1) is 19.5. The van der Waals surface area contributed by atoms with Crippen LogP contribution >= 0.6 is 0 Å². The van der Waals surface area contributed by atoms with Crippen LogP contribution in [0, 0.1) is 13.8 Å². The minimum absolute atomic E-state index is 0.387. The SMILES string of the molecule is Cc1ccc(-c2cc(Nc3nccc4c3CCN(S(C)(=O)=O)C4)ccc2C)nc1. The number of pyridine rings is 2. The van der Waals surface area contributed by atoms with Crippen LogP contribution in [0.1, 0.15) is 22.3 Å². The van der Waals surface area contributed by atoms with Crippen molar-refractivity contribution < 1.29 is 8.42 Å². The van der Waals surface area contributed by atoms with Gasteiger partial charge in [-0.15, -0.1) is 0 Å². The Bertz CT molecular complexity index is 1160. The molecule has 0 bridgehead atoms. The zero-order valence-electron chi connectivity index (χ0n) is 16.8. The largest absolute Gasteiger partial charge is 0.340 e. The topological polar surface area (TPSA) is 75.2 Å². The lowest BCUT2D eigenvalue weighted by molar-refractivity contribution is 0.395. The molecule has 150 valence electrons. The third-order valence-corrected chi connectivity index (χ3v) is 6.52. The Kier molecular flexibility index (Phi) is 5.10. The molecule has 1 N–H and O–H groups in total. The Hall–Kier alpha value is -2.77. The van der Waals surface area contributed by atoms with Crippen molar-refractivity contribution in [2.75, 3.05) is 18.1 Å². The second-order valence-corrected chi connectivity index (χ2v) is 9.50. The van der Waals surface area contributed by atoms with E-state index in [-0.39, 0.29) is 0 Å². The molecule has 3 aromatic rings. The zero-order chi connectivity index (χ0) is 20.6. The molecule has 0 saturated carbocycles. The van der Waals surface area contributed by atoms with E-state index in [1.807, 2.05) is 31.3 Å². The highest BCUT2D eigenvalue weighted by Gasteiger charge is 2.25. The highest BCUT2D eigenvalue weighted by molar-refractivity contribution is 7.88. The van der Waals surface area contributed by atoms with Gasteiger partial charge in [0.05, 0.1) is 11.9 Å². The summed E-state index contributed by atoms with van der Waals surface area (Å²) in [5.41, 5.74) is 7.28. The molecule has 6 nitrogen and oxygen atoms in total. The summed E-state index contributed by atoms with van der Waals surface area (Å²) in [5, 5.41) is 3.43. The fraction of sp³-hybridized carbons (Fsp3) is 0.273. The van der Waals surface area contributed by atoms with Gasteiger partial charge in [0.15, 0.2) is 0 Å². The predicted molar refractivity (Wildman–Crippen MR) is 116 cm³/mol. The third kappa shape index (κ3) is 4.16. The van der Waals surface area contributed by atoms with Gasteiger partial charge < -0.3 is 5.32 Å². The minimum atomic E-state index is -3.20. The molecule has 0 atom stereocenters. The first-order valence-electron chi connectivity index (χ1n) is 9.54. The van der Waals surface area contributed by atoms with Crippen molar-refractivity contribution in [3.8, 4) is 11.3 Å². The summed E-state index contributed by atoms with van der Waals surface area (Å²) < 4.78 is 25.3. The van der Waals surface area contributed by atoms with Gasteiger partial charge in [0, 0.05) is 42.3 Å². The van der Waals surface area contributed by atoms with Gasteiger partial charge in [0.25, 0.3) is 0 Å². The van der Waals surface area contributed by atoms with E-state index in [2.05, 4.69) is 40.4 Å². The second kappa shape index (κ2) is 7.57. The summed E-state index contributed by atoms with van der Waals surface area (Å²) in [4.78, 5) is 9.07. The molecule has 0 fully saturated rings. The maximum absolute atomic E-state index is 11.9. The molecule has 29 heavy (non-hydrogen) atoms. The van der Waals surface area contributed by atoms with E-state index in [1.165, 1.54) is 10.6 Å². The first-order chi connectivity index (χ1) is 13.8. The molecule has 0 saturated heterocycles. The van der Waals surface area contributed by atoms with Crippen molar-refractivity contribution in [2.24, 2.45) is 0 Å². The molecule has 4 rings (SSSR count). The van der Waals surface area contributed by atoms with Crippen molar-refractivity contribution in [1.29, 1.82) is 0 Å². The summed E-state index contributed by atoms with van der Waals surface area (Å²) in [7, 11) is -3.20. The number of rotatable bonds is 4. The molecule has 0 amide bonds. The Labute approximate surface area is 171 Å². The summed E-state index contributed by atoms with van der Waals surface area (Å²) >= 11 is 0. The van der Waals surface area contributed by atoms with Gasteiger partial charge in [0.2, 0.25) is 10.0 Å². The molecular weight excluding hydrogens is 384 g/mol. The highest BCUT2D eigenvalue weighted by Crippen LogP contribution is 2.30. The Morgan fingerprint density at radius 2 is 1.90 bits per heavy atom. The van der Waals surface area contributed by atoms with Gasteiger partial charge in [-0.1, -0.05) is 12.1 Å². The molecule has 2 aromatic heterocycles. The molecule has 7 heteroatoms. The van der Waals surface area contributed by atoms with Crippen molar-refractivity contribution in [2.45, 2.75) is 26.8 Å². The van der Waals surface area contributed by atoms with Crippen LogP contribution in [-0.4, -0.2) is 35.5 Å². The summed E-state index contributed by atoms with van der Waals surface area (Å²) in [6.07, 6.45) is 5.49. The molecule has 1 aromatic carbocycles. The molecule has 0 radical (unpaired) electrons. The zero-order valence-corrected chi connectivity index (χ0v) is 17.6. The molecule has 3 heterocycles. The van der Waals surface area contributed by atoms with Gasteiger partial charge in [-0.2, -0.15) is 4.31 Å². The monoisotopic (exact) mass is 408 g/mol. The van der Waals surface area contributed by atoms with Gasteiger partial charge in [-0.3, -0.25) is 4.98 Å². The third-order valence-electron chi connectivity index (χ3n) is 5.27. The molecule has 0 spiro atoms. The number of nitrogens with zero attached hydrogens (tertiary/aromatic N) is 3. The van der Waals surface area contributed by atoms with Crippen LogP contribution in [0.15, 0.2) is 48.8 Å². The van der Waals surface area contributed by atoms with E-state index in [9.17, 15) is 8.42 Å². The maximum atomic E-state index is 11.9. The van der Waals surface area contributed by atoms with E-state index >= 15 is 0 Å². The fourth-order valence-electron chi connectivity index (χ4n) is 3.60. The first-order valence-corrected chi connectivity index (χ1v) is 11.4. The Balaban J connectivity index is 1.64. The van der Waals surface area contributed by atoms with Crippen LogP contribution in [0.4, 0.5) is 11.5 Å². The number of nitrogens with one attached hydrogen (secondary N) is 1. The standard InChI is InChI=1S/C22H24N4O2S/c1-15-4-7-21(24-13-15)20-12-18(6-5-16(20)2)25-22-19-9-11-26(29(3,27)28)14-17(19)8-10-23-22/h4-8,10,12-13H,9,11,14H2,1-3H3,(H,23,25). The number of sulfonamides is 1. The summed E-state index contributed by atoms with van der Waals surface area (Å²) in [6, 6.07) is 12.2. The van der Waals surface area contributed by atoms with Crippen LogP contribution in [0.2, 0.25) is 0 Å². The van der Waals surface area contributed by atoms with E-state index in [0.29, 0.717) is 19.5 Å². The lowest BCUT2D eigenvalue weighted by Gasteiger charge is -2.28. The van der Waals surface area contributed by atoms with Crippen molar-refractivity contribution >= 4 is 21.5 Å². The van der Waals surface area contributed by atoms with Crippen LogP contribution < -0.4 is 5.32 Å². The number of anilines is 2. The highest BCUT2D eigenvalue weighted by atomic mass is 32.2. The van der Waals surface area contributed by atoms with E-state index < -0.39 is 10.0 Å². The van der Waals surface area contributed by atoms with Crippen LogP contribution in [0.25, 0.3) is 11.3 Å².